The molecule has 142 valence electrons. The fraction of sp³-hybridized carbons (Fsp3) is 0.318. The molecule has 0 radical (unpaired) electrons. The van der Waals surface area contributed by atoms with Crippen LogP contribution in [-0.4, -0.2) is 32.3 Å². The minimum Gasteiger partial charge on any atom is -0.490 e. The van der Waals surface area contributed by atoms with Crippen LogP contribution in [0.3, 0.4) is 0 Å². The first kappa shape index (κ1) is 19.5. The van der Waals surface area contributed by atoms with E-state index in [1.54, 1.807) is 30.3 Å². The van der Waals surface area contributed by atoms with Crippen molar-refractivity contribution in [1.29, 1.82) is 0 Å². The van der Waals surface area contributed by atoms with Crippen LogP contribution in [-0.2, 0) is 10.2 Å². The molecule has 0 aromatic heterocycles. The highest BCUT2D eigenvalue weighted by Crippen LogP contribution is 2.35. The number of hydrogen-bond donors (Lipinski definition) is 1. The molecule has 0 atom stereocenters. The van der Waals surface area contributed by atoms with Crippen molar-refractivity contribution in [1.82, 2.24) is 5.32 Å². The Bertz CT molecular complexity index is 765. The van der Waals surface area contributed by atoms with Gasteiger partial charge in [0.15, 0.2) is 0 Å². The van der Waals surface area contributed by atoms with Crippen molar-refractivity contribution in [2.75, 3.05) is 26.4 Å². The van der Waals surface area contributed by atoms with Crippen LogP contribution in [0.15, 0.2) is 61.2 Å². The first-order valence-electron chi connectivity index (χ1n) is 9.09. The minimum absolute atomic E-state index is 0.0925. The fourth-order valence-electron chi connectivity index (χ4n) is 3.34. The smallest absolute Gasteiger partial charge is 0.251 e. The van der Waals surface area contributed by atoms with Gasteiger partial charge in [-0.1, -0.05) is 36.4 Å². The van der Waals surface area contributed by atoms with Crippen molar-refractivity contribution in [3.05, 3.63) is 77.3 Å². The minimum atomic E-state index is -0.133. The molecule has 2 aromatic carbocycles. The Hall–Kier alpha value is -2.30. The Morgan fingerprint density at radius 1 is 1.15 bits per heavy atom. The molecular weight excluding hydrogens is 362 g/mol. The van der Waals surface area contributed by atoms with E-state index in [0.29, 0.717) is 42.7 Å². The van der Waals surface area contributed by atoms with Gasteiger partial charge in [-0.2, -0.15) is 0 Å². The van der Waals surface area contributed by atoms with Gasteiger partial charge in [0.25, 0.3) is 5.91 Å². The van der Waals surface area contributed by atoms with Gasteiger partial charge in [-0.3, -0.25) is 4.79 Å². The molecule has 0 aliphatic carbocycles. The SMILES string of the molecule is C=CCOc1ccc(C(=O)NCC2(c3ccc(Cl)cc3)CCOCC2)cc1. The molecule has 1 amide bonds. The van der Waals surface area contributed by atoms with Gasteiger partial charge >= 0.3 is 0 Å². The van der Waals surface area contributed by atoms with Crippen LogP contribution >= 0.6 is 11.6 Å². The largest absolute Gasteiger partial charge is 0.490 e. The zero-order valence-electron chi connectivity index (χ0n) is 15.2. The van der Waals surface area contributed by atoms with E-state index in [1.807, 2.05) is 24.3 Å². The second-order valence-electron chi connectivity index (χ2n) is 6.71. The molecule has 1 heterocycles. The van der Waals surface area contributed by atoms with Crippen molar-refractivity contribution in [3.8, 4) is 5.75 Å². The number of carbonyl (C=O) groups is 1. The third-order valence-electron chi connectivity index (χ3n) is 4.98. The number of rotatable bonds is 7. The summed E-state index contributed by atoms with van der Waals surface area (Å²) in [6.07, 6.45) is 3.41. The average Bonchev–Trinajstić information content (AvgIpc) is 2.72. The zero-order chi connectivity index (χ0) is 19.1. The Kier molecular flexibility index (Phi) is 6.54. The summed E-state index contributed by atoms with van der Waals surface area (Å²) in [4.78, 5) is 12.6. The van der Waals surface area contributed by atoms with Gasteiger partial charge in [0, 0.05) is 35.8 Å². The molecule has 1 aliphatic rings. The molecule has 0 unspecified atom stereocenters. The Morgan fingerprint density at radius 3 is 2.44 bits per heavy atom. The van der Waals surface area contributed by atoms with E-state index in [2.05, 4.69) is 11.9 Å². The highest BCUT2D eigenvalue weighted by molar-refractivity contribution is 6.30. The van der Waals surface area contributed by atoms with Crippen LogP contribution < -0.4 is 10.1 Å². The van der Waals surface area contributed by atoms with E-state index in [9.17, 15) is 4.79 Å². The van der Waals surface area contributed by atoms with E-state index in [0.717, 1.165) is 12.8 Å². The van der Waals surface area contributed by atoms with Crippen LogP contribution in [0.25, 0.3) is 0 Å². The number of nitrogens with one attached hydrogen (secondary N) is 1. The summed E-state index contributed by atoms with van der Waals surface area (Å²) >= 11 is 6.04. The summed E-state index contributed by atoms with van der Waals surface area (Å²) in [5.74, 6) is 0.624. The first-order valence-corrected chi connectivity index (χ1v) is 9.46. The lowest BCUT2D eigenvalue weighted by atomic mass is 9.74. The Morgan fingerprint density at radius 2 is 1.81 bits per heavy atom. The van der Waals surface area contributed by atoms with Gasteiger partial charge in [0.05, 0.1) is 0 Å². The molecule has 4 nitrogen and oxygen atoms in total. The lowest BCUT2D eigenvalue weighted by Crippen LogP contribution is -2.44. The van der Waals surface area contributed by atoms with Gasteiger partial charge in [-0.15, -0.1) is 0 Å². The van der Waals surface area contributed by atoms with Gasteiger partial charge in [-0.25, -0.2) is 0 Å². The third-order valence-corrected chi connectivity index (χ3v) is 5.23. The molecule has 0 bridgehead atoms. The van der Waals surface area contributed by atoms with Crippen molar-refractivity contribution < 1.29 is 14.3 Å². The maximum Gasteiger partial charge on any atom is 0.251 e. The van der Waals surface area contributed by atoms with Crippen LogP contribution in [0.5, 0.6) is 5.75 Å². The molecule has 1 N–H and O–H groups in total. The summed E-state index contributed by atoms with van der Waals surface area (Å²) in [7, 11) is 0. The molecule has 2 aromatic rings. The zero-order valence-corrected chi connectivity index (χ0v) is 16.0. The molecular formula is C22H24ClNO3. The predicted octanol–water partition coefficient (Wildman–Crippen LogP) is 4.38. The Labute approximate surface area is 165 Å². The van der Waals surface area contributed by atoms with E-state index < -0.39 is 0 Å². The van der Waals surface area contributed by atoms with Crippen LogP contribution in [0.4, 0.5) is 0 Å². The number of amides is 1. The monoisotopic (exact) mass is 385 g/mol. The van der Waals surface area contributed by atoms with Crippen molar-refractivity contribution >= 4 is 17.5 Å². The normalized spacial score (nSPS) is 15.7. The molecule has 5 heteroatoms. The fourth-order valence-corrected chi connectivity index (χ4v) is 3.47. The van der Waals surface area contributed by atoms with Gasteiger partial charge in [0.1, 0.15) is 12.4 Å². The van der Waals surface area contributed by atoms with Gasteiger partial charge in [0.2, 0.25) is 0 Å². The predicted molar refractivity (Wildman–Crippen MR) is 108 cm³/mol. The molecule has 3 rings (SSSR count). The number of halogens is 1. The molecule has 1 saturated heterocycles. The van der Waals surface area contributed by atoms with Crippen LogP contribution in [0.2, 0.25) is 5.02 Å². The standard InChI is InChI=1S/C22H24ClNO3/c1-2-13-27-20-9-3-17(4-10-20)21(25)24-16-22(11-14-26-15-12-22)18-5-7-19(23)8-6-18/h2-10H,1,11-16H2,(H,24,25). The highest BCUT2D eigenvalue weighted by Gasteiger charge is 2.34. The van der Waals surface area contributed by atoms with E-state index >= 15 is 0 Å². The molecule has 1 aliphatic heterocycles. The second-order valence-corrected chi connectivity index (χ2v) is 7.14. The van der Waals surface area contributed by atoms with Crippen molar-refractivity contribution in [3.63, 3.8) is 0 Å². The molecule has 1 fully saturated rings. The third kappa shape index (κ3) is 4.90. The number of ether oxygens (including phenoxy) is 2. The summed E-state index contributed by atoms with van der Waals surface area (Å²) < 4.78 is 11.0. The molecule has 27 heavy (non-hydrogen) atoms. The Balaban J connectivity index is 1.68. The summed E-state index contributed by atoms with van der Waals surface area (Å²) in [5, 5.41) is 3.81. The van der Waals surface area contributed by atoms with E-state index in [4.69, 9.17) is 21.1 Å². The number of hydrogen-bond acceptors (Lipinski definition) is 3. The van der Waals surface area contributed by atoms with Crippen LogP contribution in [0.1, 0.15) is 28.8 Å². The lowest BCUT2D eigenvalue weighted by molar-refractivity contribution is 0.0487. The van der Waals surface area contributed by atoms with Crippen molar-refractivity contribution in [2.24, 2.45) is 0 Å². The quantitative estimate of drug-likeness (QED) is 0.719. The van der Waals surface area contributed by atoms with Gasteiger partial charge in [-0.05, 0) is 54.8 Å². The highest BCUT2D eigenvalue weighted by atomic mass is 35.5. The number of benzene rings is 2. The maximum absolute atomic E-state index is 12.6. The lowest BCUT2D eigenvalue weighted by Gasteiger charge is -2.38. The van der Waals surface area contributed by atoms with Crippen LogP contribution in [0, 0.1) is 0 Å². The van der Waals surface area contributed by atoms with E-state index in [-0.39, 0.29) is 11.3 Å². The average molecular weight is 386 g/mol. The second kappa shape index (κ2) is 9.07. The first-order chi connectivity index (χ1) is 13.1. The van der Waals surface area contributed by atoms with E-state index in [1.165, 1.54) is 5.56 Å². The molecule has 0 saturated carbocycles. The molecule has 0 spiro atoms. The number of carbonyl (C=O) groups excluding carboxylic acids is 1. The van der Waals surface area contributed by atoms with Crippen molar-refractivity contribution in [2.45, 2.75) is 18.3 Å². The summed E-state index contributed by atoms with van der Waals surface area (Å²) in [6.45, 7) is 6.00. The summed E-state index contributed by atoms with van der Waals surface area (Å²) in [6, 6.07) is 15.0. The summed E-state index contributed by atoms with van der Waals surface area (Å²) in [5.41, 5.74) is 1.66. The maximum atomic E-state index is 12.6. The van der Waals surface area contributed by atoms with Gasteiger partial charge < -0.3 is 14.8 Å². The topological polar surface area (TPSA) is 47.6 Å².